The molecule has 7 heterocycles. The summed E-state index contributed by atoms with van der Waals surface area (Å²) in [7, 11) is 0. The summed E-state index contributed by atoms with van der Waals surface area (Å²) in [6.07, 6.45) is -25.3. The van der Waals surface area contributed by atoms with E-state index in [1.165, 1.54) is 45.2 Å². The molecule has 5 saturated heterocycles. The third kappa shape index (κ3) is 22.2. The Balaban J connectivity index is 0.747. The van der Waals surface area contributed by atoms with Crippen LogP contribution in [0.2, 0.25) is 0 Å². The minimum absolute atomic E-state index is 0.0322. The zero-order valence-corrected chi connectivity index (χ0v) is 56.2. The lowest BCUT2D eigenvalue weighted by Crippen LogP contribution is -2.64. The zero-order valence-electron chi connectivity index (χ0n) is 55.3. The summed E-state index contributed by atoms with van der Waals surface area (Å²) < 4.78 is 65.1. The molecule has 17 N–H and O–H groups in total. The van der Waals surface area contributed by atoms with Crippen LogP contribution in [-0.4, -0.2) is 314 Å². The first-order chi connectivity index (χ1) is 48.5. The second kappa shape index (κ2) is 40.0. The van der Waals surface area contributed by atoms with E-state index in [1.807, 2.05) is 0 Å². The number of unbranched alkanes of at least 4 members (excludes halogenated alkanes) is 6. The van der Waals surface area contributed by atoms with Gasteiger partial charge in [0.25, 0.3) is 0 Å². The number of hydrogen-bond acceptors (Lipinski definition) is 32. The topological polar surface area (TPSA) is 535 Å². The first kappa shape index (κ1) is 81.1. The monoisotopic (exact) mass is 1460 g/mol. The number of aliphatic hydroxyl groups is 14. The van der Waals surface area contributed by atoms with Crippen LogP contribution in [0.15, 0.2) is 35.8 Å². The van der Waals surface area contributed by atoms with Gasteiger partial charge in [0, 0.05) is 63.2 Å². The van der Waals surface area contributed by atoms with Crippen LogP contribution in [0.25, 0.3) is 0 Å². The Bertz CT molecular complexity index is 3030. The van der Waals surface area contributed by atoms with Crippen molar-refractivity contribution in [3.8, 4) is 0 Å². The molecule has 3 aromatic rings. The fourth-order valence-electron chi connectivity index (χ4n) is 12.1. The Labute approximate surface area is 583 Å². The van der Waals surface area contributed by atoms with Crippen LogP contribution in [0.5, 0.6) is 0 Å². The molecule has 568 valence electrons. The molecule has 2 aromatic heterocycles. The quantitative estimate of drug-likeness (QED) is 0.0189. The number of carbonyl (C=O) groups is 5. The van der Waals surface area contributed by atoms with Gasteiger partial charge in [0.05, 0.1) is 38.7 Å². The molecule has 101 heavy (non-hydrogen) atoms. The van der Waals surface area contributed by atoms with Gasteiger partial charge >= 0.3 is 6.09 Å². The molecule has 1 aromatic carbocycles. The van der Waals surface area contributed by atoms with Gasteiger partial charge < -0.3 is 130 Å². The average molecular weight is 1460 g/mol. The standard InChI is InChI=1S/C63H95FN8O28S/c64-33-15-13-32(14-16-33)44(79)36-31-101-58(68-36)37-11-9-22-72(37)63(91)94-30-34-25-71(70-69-34)21-10-12-43(78)67-35(57(90)66-20-6-2-4-8-24-93-60-54(89)50(85)56(41(29-76)98-60)100-62-52(87)48(83)46(81)39(27-74)96-62)17-18-42(77)65-19-5-1-3-7-23-92-59-53(88)49(84)55(40(28-75)97-59)99-61-51(86)47(82)45(80)38(26-73)95-61/h13-16,25,31,35,37-41,45-56,59-62,73-76,80-89H,1-12,17-24,26-30H2,(H,65,77)(H,66,90)(H,67,78)/t35?,37-,38?,39?,40?,41?,45-,46-,47-,48-,49+,50+,51?,52?,53?,54?,55+,56+,59+,60+,61-,62-/m0/s1. The van der Waals surface area contributed by atoms with Crippen molar-refractivity contribution in [3.63, 3.8) is 0 Å². The van der Waals surface area contributed by atoms with Crippen LogP contribution in [-0.2, 0) is 70.2 Å². The predicted octanol–water partition coefficient (Wildman–Crippen LogP) is -4.74. The number of nitrogens with zero attached hydrogens (tertiary/aromatic N) is 5. The number of benzene rings is 1. The van der Waals surface area contributed by atoms with Crippen molar-refractivity contribution in [2.75, 3.05) is 59.3 Å². The summed E-state index contributed by atoms with van der Waals surface area (Å²) >= 11 is 1.24. The molecule has 9 unspecified atom stereocenters. The molecule has 0 aliphatic carbocycles. The molecule has 4 amide bonds. The van der Waals surface area contributed by atoms with Crippen molar-refractivity contribution in [2.45, 2.75) is 238 Å². The Hall–Kier alpha value is -5.61. The Morgan fingerprint density at radius 1 is 0.604 bits per heavy atom. The van der Waals surface area contributed by atoms with Crippen LogP contribution >= 0.6 is 11.3 Å². The third-order valence-corrected chi connectivity index (χ3v) is 18.9. The lowest BCUT2D eigenvalue weighted by atomic mass is 9.97. The highest BCUT2D eigenvalue weighted by Gasteiger charge is 2.53. The van der Waals surface area contributed by atoms with Crippen molar-refractivity contribution >= 4 is 40.9 Å². The number of carbonyl (C=O) groups excluding carboxylic acids is 5. The summed E-state index contributed by atoms with van der Waals surface area (Å²) in [5.74, 6) is -2.26. The number of halogens is 1. The smallest absolute Gasteiger partial charge is 0.410 e. The van der Waals surface area contributed by atoms with E-state index in [-0.39, 0.29) is 88.1 Å². The zero-order chi connectivity index (χ0) is 72.9. The van der Waals surface area contributed by atoms with Gasteiger partial charge in [0.2, 0.25) is 23.5 Å². The number of amides is 4. The Morgan fingerprint density at radius 2 is 1.13 bits per heavy atom. The molecule has 36 nitrogen and oxygen atoms in total. The van der Waals surface area contributed by atoms with Crippen molar-refractivity contribution < 1.29 is 142 Å². The minimum Gasteiger partial charge on any atom is -0.443 e. The predicted molar refractivity (Wildman–Crippen MR) is 339 cm³/mol. The molecule has 5 aliphatic rings. The van der Waals surface area contributed by atoms with E-state index in [2.05, 4.69) is 31.2 Å². The number of hydrogen-bond donors (Lipinski definition) is 17. The maximum atomic E-state index is 13.7. The normalized spacial score (nSPS) is 31.7. The molecule has 0 spiro atoms. The number of nitrogens with one attached hydrogen (secondary N) is 3. The highest BCUT2D eigenvalue weighted by atomic mass is 32.1. The van der Waals surface area contributed by atoms with Crippen molar-refractivity contribution in [3.05, 3.63) is 63.6 Å². The highest BCUT2D eigenvalue weighted by molar-refractivity contribution is 7.10. The lowest BCUT2D eigenvalue weighted by molar-refractivity contribution is -0.359. The maximum absolute atomic E-state index is 13.7. The van der Waals surface area contributed by atoms with Gasteiger partial charge in [-0.25, -0.2) is 14.2 Å². The van der Waals surface area contributed by atoms with Gasteiger partial charge in [-0.2, -0.15) is 0 Å². The molecular formula is C63H95FN8O28S. The molecule has 0 saturated carbocycles. The van der Waals surface area contributed by atoms with Crippen molar-refractivity contribution in [1.29, 1.82) is 0 Å². The SMILES string of the molecule is O=C(CCC(NC(=O)CCCn1cc(COC(=O)N2CCC[C@H]2c2nc(C(=O)c3ccc(F)cc3)cs2)nn1)C(=O)NCCCCCCO[C@@H]1OC(CO)[C@@H](O[C@@H]2OC(CO)[C@H](O)[C@H](O)C2O)[C@H](O)C1O)NCCCCCCO[C@@H]1OC(CO)[C@@H](O[C@@H]2OC(CO)[C@H](O)[C@H](O)C2O)[C@H](O)C1O. The fourth-order valence-corrected chi connectivity index (χ4v) is 13.0. The molecule has 22 atom stereocenters. The summed E-state index contributed by atoms with van der Waals surface area (Å²) in [6.45, 7) is -1.99. The summed E-state index contributed by atoms with van der Waals surface area (Å²) in [5, 5.41) is 163. The minimum atomic E-state index is -1.82. The summed E-state index contributed by atoms with van der Waals surface area (Å²) in [5.41, 5.74) is 0.792. The van der Waals surface area contributed by atoms with Crippen molar-refractivity contribution in [1.82, 2.24) is 40.8 Å². The van der Waals surface area contributed by atoms with Crippen LogP contribution < -0.4 is 16.0 Å². The number of aromatic nitrogens is 4. The lowest BCUT2D eigenvalue weighted by Gasteiger charge is -2.45. The van der Waals surface area contributed by atoms with Gasteiger partial charge in [-0.3, -0.25) is 28.8 Å². The van der Waals surface area contributed by atoms with Crippen LogP contribution in [0.1, 0.15) is 123 Å². The van der Waals surface area contributed by atoms with Gasteiger partial charge in [0.15, 0.2) is 25.2 Å². The van der Waals surface area contributed by atoms with Crippen molar-refractivity contribution in [2.24, 2.45) is 0 Å². The first-order valence-corrected chi connectivity index (χ1v) is 34.8. The molecule has 8 rings (SSSR count). The largest absolute Gasteiger partial charge is 0.443 e. The number of thiazole rings is 1. The van der Waals surface area contributed by atoms with Gasteiger partial charge in [-0.1, -0.05) is 30.9 Å². The molecule has 5 aliphatic heterocycles. The van der Waals surface area contributed by atoms with E-state index in [4.69, 9.17) is 42.6 Å². The van der Waals surface area contributed by atoms with Crippen LogP contribution in [0.4, 0.5) is 9.18 Å². The van der Waals surface area contributed by atoms with Gasteiger partial charge in [0.1, 0.15) is 133 Å². The maximum Gasteiger partial charge on any atom is 0.410 e. The van der Waals surface area contributed by atoms with Crippen LogP contribution in [0, 0.1) is 5.82 Å². The first-order valence-electron chi connectivity index (χ1n) is 33.9. The fraction of sp³-hybridized carbons (Fsp3) is 0.746. The average Bonchev–Trinajstić information content (AvgIpc) is 1.50. The number of ketones is 1. The van der Waals surface area contributed by atoms with Crippen LogP contribution in [0.3, 0.4) is 0 Å². The summed E-state index contributed by atoms with van der Waals surface area (Å²) in [4.78, 5) is 72.6. The number of likely N-dealkylation sites (tertiary alicyclic amines) is 1. The molecule has 0 radical (unpaired) electrons. The van der Waals surface area contributed by atoms with E-state index < -0.39 is 185 Å². The Morgan fingerprint density at radius 3 is 1.68 bits per heavy atom. The molecular weight excluding hydrogens is 1370 g/mol. The number of ether oxygens (including phenoxy) is 9. The number of aryl methyl sites for hydroxylation is 1. The summed E-state index contributed by atoms with van der Waals surface area (Å²) in [6, 6.07) is 3.60. The van der Waals surface area contributed by atoms with Gasteiger partial charge in [-0.15, -0.1) is 16.4 Å². The third-order valence-electron chi connectivity index (χ3n) is 17.9. The Kier molecular flexibility index (Phi) is 32.1. The molecule has 0 bridgehead atoms. The second-order valence-electron chi connectivity index (χ2n) is 25.3. The molecule has 5 fully saturated rings. The number of rotatable bonds is 38. The van der Waals surface area contributed by atoms with E-state index >= 15 is 0 Å². The van der Waals surface area contributed by atoms with E-state index in [0.717, 1.165) is 0 Å². The van der Waals surface area contributed by atoms with E-state index in [0.29, 0.717) is 81.5 Å². The van der Waals surface area contributed by atoms with Gasteiger partial charge in [-0.05, 0) is 75.6 Å². The van der Waals surface area contributed by atoms with E-state index in [9.17, 15) is 99.9 Å². The highest BCUT2D eigenvalue weighted by Crippen LogP contribution is 2.36. The second-order valence-corrected chi connectivity index (χ2v) is 26.2. The molecule has 38 heteroatoms. The van der Waals surface area contributed by atoms with E-state index in [1.54, 1.807) is 11.6 Å². The number of aliphatic hydroxyl groups excluding tert-OH is 14.